The Kier molecular flexibility index (Phi) is 5.55. The molecule has 1 amide bonds. The van der Waals surface area contributed by atoms with E-state index in [9.17, 15) is 9.59 Å². The molecule has 4 aromatic rings. The zero-order valence-corrected chi connectivity index (χ0v) is 21.2. The van der Waals surface area contributed by atoms with E-state index in [1.54, 1.807) is 23.0 Å². The molecule has 0 aliphatic carbocycles. The van der Waals surface area contributed by atoms with Crippen molar-refractivity contribution in [2.45, 2.75) is 64.3 Å². The minimum Gasteiger partial charge on any atom is -0.487 e. The van der Waals surface area contributed by atoms with Crippen LogP contribution in [0.15, 0.2) is 65.7 Å². The number of aromatic amines is 1. The standard InChI is InChI=1S/C29H30N4O4/c1-29(2,3)37-28(35)33-20-8-10-25(33)27-22-9-7-19(14-23(22)31-24(27)15-20)32-13-11-21(16-26(32)34)36-17-18-6-4-5-12-30-18/h4-7,9,11-14,16,20,25,31H,8,10,15,17H2,1-3H3. The zero-order valence-electron chi connectivity index (χ0n) is 21.2. The molecular formula is C29H30N4O4. The SMILES string of the molecule is CC(C)(C)OC(=O)N1C2CCC1c1c([nH]c3cc(-n4ccc(OCc5ccccn5)cc4=O)ccc13)C2. The van der Waals surface area contributed by atoms with Gasteiger partial charge in [0.15, 0.2) is 0 Å². The zero-order chi connectivity index (χ0) is 25.7. The van der Waals surface area contributed by atoms with Crippen molar-refractivity contribution in [3.8, 4) is 11.4 Å². The van der Waals surface area contributed by atoms with Crippen LogP contribution in [0.4, 0.5) is 4.79 Å². The van der Waals surface area contributed by atoms with Crippen LogP contribution in [0.5, 0.6) is 5.75 Å². The lowest BCUT2D eigenvalue weighted by molar-refractivity contribution is 0.0125. The molecule has 8 nitrogen and oxygen atoms in total. The lowest BCUT2D eigenvalue weighted by atomic mass is 9.97. The Morgan fingerprint density at radius 1 is 1.14 bits per heavy atom. The van der Waals surface area contributed by atoms with E-state index in [2.05, 4.69) is 9.97 Å². The molecule has 2 aliphatic heterocycles. The second-order valence-corrected chi connectivity index (χ2v) is 10.8. The number of ether oxygens (including phenoxy) is 2. The van der Waals surface area contributed by atoms with E-state index in [1.807, 2.05) is 62.1 Å². The summed E-state index contributed by atoms with van der Waals surface area (Å²) in [7, 11) is 0. The van der Waals surface area contributed by atoms with Gasteiger partial charge in [0.25, 0.3) is 5.56 Å². The largest absolute Gasteiger partial charge is 0.487 e. The number of nitrogens with zero attached hydrogens (tertiary/aromatic N) is 3. The normalized spacial score (nSPS) is 18.6. The van der Waals surface area contributed by atoms with Gasteiger partial charge in [-0.1, -0.05) is 12.1 Å². The van der Waals surface area contributed by atoms with Crippen molar-refractivity contribution in [2.75, 3.05) is 0 Å². The number of nitrogens with one attached hydrogen (secondary N) is 1. The van der Waals surface area contributed by atoms with Crippen LogP contribution in [0.25, 0.3) is 16.6 Å². The number of amides is 1. The fourth-order valence-electron chi connectivity index (χ4n) is 5.55. The first-order valence-corrected chi connectivity index (χ1v) is 12.7. The Labute approximate surface area is 214 Å². The first-order valence-electron chi connectivity index (χ1n) is 12.7. The molecule has 1 aromatic carbocycles. The van der Waals surface area contributed by atoms with Crippen LogP contribution in [0, 0.1) is 0 Å². The van der Waals surface area contributed by atoms with Crippen LogP contribution in [-0.2, 0) is 17.8 Å². The van der Waals surface area contributed by atoms with Gasteiger partial charge in [0, 0.05) is 53.1 Å². The molecule has 1 fully saturated rings. The number of pyridine rings is 2. The lowest BCUT2D eigenvalue weighted by Crippen LogP contribution is -2.44. The number of rotatable bonds is 4. The van der Waals surface area contributed by atoms with Crippen LogP contribution in [0.2, 0.25) is 0 Å². The minimum absolute atomic E-state index is 0.00135. The summed E-state index contributed by atoms with van der Waals surface area (Å²) in [5, 5.41) is 1.08. The summed E-state index contributed by atoms with van der Waals surface area (Å²) >= 11 is 0. The molecule has 37 heavy (non-hydrogen) atoms. The lowest BCUT2D eigenvalue weighted by Gasteiger charge is -2.36. The maximum Gasteiger partial charge on any atom is 0.411 e. The van der Waals surface area contributed by atoms with Crippen LogP contribution in [-0.4, -0.2) is 37.2 Å². The highest BCUT2D eigenvalue weighted by atomic mass is 16.6. The van der Waals surface area contributed by atoms with E-state index in [0.29, 0.717) is 12.4 Å². The Morgan fingerprint density at radius 3 is 2.76 bits per heavy atom. The number of hydrogen-bond donors (Lipinski definition) is 1. The van der Waals surface area contributed by atoms with E-state index in [1.165, 1.54) is 17.3 Å². The maximum atomic E-state index is 13.0. The van der Waals surface area contributed by atoms with Crippen molar-refractivity contribution in [3.05, 3.63) is 88.2 Å². The molecule has 8 heteroatoms. The summed E-state index contributed by atoms with van der Waals surface area (Å²) < 4.78 is 13.1. The second kappa shape index (κ2) is 8.80. The second-order valence-electron chi connectivity index (χ2n) is 10.8. The van der Waals surface area contributed by atoms with Gasteiger partial charge in [0.05, 0.1) is 17.4 Å². The number of benzene rings is 1. The molecule has 190 valence electrons. The average Bonchev–Trinajstić information content (AvgIpc) is 3.38. The predicted molar refractivity (Wildman–Crippen MR) is 140 cm³/mol. The highest BCUT2D eigenvalue weighted by Gasteiger charge is 2.45. The number of fused-ring (bicyclic) bond motifs is 6. The van der Waals surface area contributed by atoms with E-state index >= 15 is 0 Å². The summed E-state index contributed by atoms with van der Waals surface area (Å²) in [5.41, 5.74) is 4.16. The Morgan fingerprint density at radius 2 is 2.00 bits per heavy atom. The van der Waals surface area contributed by atoms with Gasteiger partial charge in [-0.2, -0.15) is 0 Å². The first-order chi connectivity index (χ1) is 17.8. The first kappa shape index (κ1) is 23.3. The van der Waals surface area contributed by atoms with Gasteiger partial charge in [-0.25, -0.2) is 4.79 Å². The minimum atomic E-state index is -0.530. The third-order valence-electron chi connectivity index (χ3n) is 7.07. The molecule has 2 unspecified atom stereocenters. The van der Waals surface area contributed by atoms with Crippen LogP contribution >= 0.6 is 0 Å². The molecule has 6 rings (SSSR count). The quantitative estimate of drug-likeness (QED) is 0.413. The van der Waals surface area contributed by atoms with Crippen molar-refractivity contribution >= 4 is 17.0 Å². The molecule has 2 aliphatic rings. The predicted octanol–water partition coefficient (Wildman–Crippen LogP) is 5.29. The molecule has 0 spiro atoms. The van der Waals surface area contributed by atoms with Crippen LogP contribution in [0.1, 0.15) is 56.6 Å². The summed E-state index contributed by atoms with van der Waals surface area (Å²) in [6, 6.07) is 15.0. The summed E-state index contributed by atoms with van der Waals surface area (Å²) in [5.74, 6) is 0.501. The van der Waals surface area contributed by atoms with Gasteiger partial charge in [-0.3, -0.25) is 19.2 Å². The van der Waals surface area contributed by atoms with Crippen molar-refractivity contribution in [1.82, 2.24) is 19.4 Å². The van der Waals surface area contributed by atoms with E-state index < -0.39 is 5.60 Å². The van der Waals surface area contributed by atoms with E-state index in [-0.39, 0.29) is 23.7 Å². The molecule has 1 N–H and O–H groups in total. The third kappa shape index (κ3) is 4.37. The number of H-pyrrole nitrogens is 1. The van der Waals surface area contributed by atoms with Gasteiger partial charge in [-0.05, 0) is 63.9 Å². The van der Waals surface area contributed by atoms with Gasteiger partial charge in [0.2, 0.25) is 0 Å². The fourth-order valence-corrected chi connectivity index (χ4v) is 5.55. The smallest absolute Gasteiger partial charge is 0.411 e. The van der Waals surface area contributed by atoms with Gasteiger partial charge >= 0.3 is 6.09 Å². The summed E-state index contributed by atoms with van der Waals surface area (Å²) in [4.78, 5) is 35.7. The summed E-state index contributed by atoms with van der Waals surface area (Å²) in [6.07, 6.45) is 5.87. The van der Waals surface area contributed by atoms with Gasteiger partial charge in [-0.15, -0.1) is 0 Å². The number of aromatic nitrogens is 3. The Balaban J connectivity index is 1.27. The van der Waals surface area contributed by atoms with Gasteiger partial charge < -0.3 is 14.5 Å². The molecule has 0 radical (unpaired) electrons. The third-order valence-corrected chi connectivity index (χ3v) is 7.07. The van der Waals surface area contributed by atoms with Crippen molar-refractivity contribution in [2.24, 2.45) is 0 Å². The average molecular weight is 499 g/mol. The molecule has 5 heterocycles. The maximum absolute atomic E-state index is 13.0. The van der Waals surface area contributed by atoms with Crippen LogP contribution in [0.3, 0.4) is 0 Å². The van der Waals surface area contributed by atoms with Crippen molar-refractivity contribution in [1.29, 1.82) is 0 Å². The Hall–Kier alpha value is -4.07. The van der Waals surface area contributed by atoms with Gasteiger partial charge in [0.1, 0.15) is 18.0 Å². The molecule has 2 bridgehead atoms. The Bertz CT molecular complexity index is 1530. The molecule has 1 saturated heterocycles. The molecular weight excluding hydrogens is 468 g/mol. The monoisotopic (exact) mass is 498 g/mol. The molecule has 3 aromatic heterocycles. The molecule has 0 saturated carbocycles. The number of carbonyl (C=O) groups excluding carboxylic acids is 1. The van der Waals surface area contributed by atoms with Crippen molar-refractivity contribution < 1.29 is 14.3 Å². The van der Waals surface area contributed by atoms with E-state index in [0.717, 1.165) is 41.5 Å². The van der Waals surface area contributed by atoms with Crippen molar-refractivity contribution in [3.63, 3.8) is 0 Å². The van der Waals surface area contributed by atoms with E-state index in [4.69, 9.17) is 9.47 Å². The highest BCUT2D eigenvalue weighted by Crippen LogP contribution is 2.47. The van der Waals surface area contributed by atoms with Crippen LogP contribution < -0.4 is 10.3 Å². The summed E-state index contributed by atoms with van der Waals surface area (Å²) in [6.45, 7) is 6.00. The topological polar surface area (TPSA) is 89.4 Å². The fraction of sp³-hybridized carbons (Fsp3) is 0.345. The molecule has 2 atom stereocenters. The highest BCUT2D eigenvalue weighted by molar-refractivity contribution is 5.88. The number of hydrogen-bond acceptors (Lipinski definition) is 5. The number of carbonyl (C=O) groups is 1.